The summed E-state index contributed by atoms with van der Waals surface area (Å²) in [6.45, 7) is -0.904. The van der Waals surface area contributed by atoms with Crippen molar-refractivity contribution in [1.82, 2.24) is 0 Å². The van der Waals surface area contributed by atoms with Crippen LogP contribution in [0.25, 0.3) is 12.2 Å². The Bertz CT molecular complexity index is 1680. The van der Waals surface area contributed by atoms with Crippen molar-refractivity contribution in [3.8, 4) is 40.2 Å². The standard InChI is InChI=1S/C35H38O15/c1-43-24-13-19(5-9-22(24)37)7-11-29(39)47-18-28-34(49-30(40)12-8-20-6-10-23(38)25(14-20)44-2)31(41)32(42)35(48-28)50-33-26(45-3)15-21(17-36)16-27(33)46-4/h5-16,28,31-32,34-38,41-42H,17-18H2,1-4H3/b11-7+,12-8+/t28-,31-,32-,34-,35+/m1/s1. The summed E-state index contributed by atoms with van der Waals surface area (Å²) in [4.78, 5) is 25.6. The smallest absolute Gasteiger partial charge is 0.331 e. The van der Waals surface area contributed by atoms with E-state index in [1.165, 1.54) is 83.1 Å². The normalized spacial score (nSPS) is 20.3. The second kappa shape index (κ2) is 17.3. The van der Waals surface area contributed by atoms with E-state index < -0.39 is 49.3 Å². The maximum Gasteiger partial charge on any atom is 0.331 e. The maximum absolute atomic E-state index is 12.9. The number of esters is 2. The largest absolute Gasteiger partial charge is 0.504 e. The summed E-state index contributed by atoms with van der Waals surface area (Å²) < 4.78 is 43.6. The first-order valence-electron chi connectivity index (χ1n) is 15.0. The number of aliphatic hydroxyl groups excluding tert-OH is 3. The van der Waals surface area contributed by atoms with Crippen LogP contribution in [0.1, 0.15) is 16.7 Å². The van der Waals surface area contributed by atoms with E-state index in [9.17, 15) is 35.1 Å². The van der Waals surface area contributed by atoms with E-state index in [-0.39, 0.29) is 46.9 Å². The zero-order chi connectivity index (χ0) is 36.4. The van der Waals surface area contributed by atoms with E-state index in [1.54, 1.807) is 6.07 Å². The van der Waals surface area contributed by atoms with Crippen LogP contribution in [0, 0.1) is 0 Å². The van der Waals surface area contributed by atoms with Gasteiger partial charge in [0.25, 0.3) is 0 Å². The Kier molecular flexibility index (Phi) is 12.9. The molecule has 0 saturated carbocycles. The highest BCUT2D eigenvalue weighted by Gasteiger charge is 2.48. The van der Waals surface area contributed by atoms with Gasteiger partial charge in [0, 0.05) is 12.2 Å². The number of methoxy groups -OCH3 is 4. The summed E-state index contributed by atoms with van der Waals surface area (Å²) >= 11 is 0. The molecule has 0 aromatic heterocycles. The monoisotopic (exact) mass is 698 g/mol. The van der Waals surface area contributed by atoms with Crippen LogP contribution >= 0.6 is 0 Å². The van der Waals surface area contributed by atoms with E-state index in [4.69, 9.17) is 37.9 Å². The number of phenols is 2. The molecule has 1 aliphatic heterocycles. The molecule has 0 spiro atoms. The highest BCUT2D eigenvalue weighted by Crippen LogP contribution is 2.41. The summed E-state index contributed by atoms with van der Waals surface area (Å²) in [5.41, 5.74) is 1.42. The zero-order valence-electron chi connectivity index (χ0n) is 27.5. The Hall–Kier alpha value is -5.48. The van der Waals surface area contributed by atoms with Crippen molar-refractivity contribution in [3.05, 3.63) is 77.4 Å². The van der Waals surface area contributed by atoms with Gasteiger partial charge in [-0.05, 0) is 65.2 Å². The Morgan fingerprint density at radius 1 is 0.740 bits per heavy atom. The van der Waals surface area contributed by atoms with Crippen molar-refractivity contribution in [2.45, 2.75) is 37.3 Å². The van der Waals surface area contributed by atoms with Gasteiger partial charge in [0.1, 0.15) is 24.9 Å². The molecular weight excluding hydrogens is 660 g/mol. The van der Waals surface area contributed by atoms with Gasteiger partial charge in [-0.3, -0.25) is 0 Å². The lowest BCUT2D eigenvalue weighted by Gasteiger charge is -2.41. The van der Waals surface area contributed by atoms with Crippen molar-refractivity contribution in [2.75, 3.05) is 35.0 Å². The average molecular weight is 699 g/mol. The van der Waals surface area contributed by atoms with Crippen molar-refractivity contribution >= 4 is 24.1 Å². The molecule has 1 heterocycles. The van der Waals surface area contributed by atoms with Crippen LogP contribution < -0.4 is 23.7 Å². The third-order valence-corrected chi connectivity index (χ3v) is 7.45. The number of hydrogen-bond acceptors (Lipinski definition) is 15. The Morgan fingerprint density at radius 3 is 1.76 bits per heavy atom. The second-order valence-electron chi connectivity index (χ2n) is 10.7. The predicted molar refractivity (Wildman–Crippen MR) is 175 cm³/mol. The number of phenolic OH excluding ortho intramolecular Hbond substituents is 2. The van der Waals surface area contributed by atoms with Crippen LogP contribution in [0.4, 0.5) is 0 Å². The number of aliphatic hydroxyl groups is 3. The highest BCUT2D eigenvalue weighted by molar-refractivity contribution is 5.88. The van der Waals surface area contributed by atoms with Crippen LogP contribution in [-0.2, 0) is 30.4 Å². The number of rotatable bonds is 14. The summed E-state index contributed by atoms with van der Waals surface area (Å²) in [6, 6.07) is 11.7. The van der Waals surface area contributed by atoms with Gasteiger partial charge in [-0.15, -0.1) is 0 Å². The molecule has 1 fully saturated rings. The van der Waals surface area contributed by atoms with Crippen molar-refractivity contribution in [1.29, 1.82) is 0 Å². The topological polar surface area (TPSA) is 209 Å². The molecule has 15 nitrogen and oxygen atoms in total. The van der Waals surface area contributed by atoms with Crippen LogP contribution in [0.5, 0.6) is 40.2 Å². The average Bonchev–Trinajstić information content (AvgIpc) is 3.13. The Morgan fingerprint density at radius 2 is 1.26 bits per heavy atom. The molecule has 1 saturated heterocycles. The third-order valence-electron chi connectivity index (χ3n) is 7.45. The summed E-state index contributed by atoms with van der Waals surface area (Å²) in [5.74, 6) is -1.42. The van der Waals surface area contributed by atoms with E-state index in [1.807, 2.05) is 0 Å². The fourth-order valence-corrected chi connectivity index (χ4v) is 4.85. The first-order chi connectivity index (χ1) is 24.0. The Labute approximate surface area is 287 Å². The molecule has 3 aromatic rings. The number of carbonyl (C=O) groups is 2. The number of ether oxygens (including phenoxy) is 8. The summed E-state index contributed by atoms with van der Waals surface area (Å²) in [6.07, 6.45) is -3.24. The van der Waals surface area contributed by atoms with Gasteiger partial charge in [0.2, 0.25) is 12.0 Å². The maximum atomic E-state index is 12.9. The Balaban J connectivity index is 1.56. The molecule has 0 aliphatic carbocycles. The molecule has 0 amide bonds. The molecule has 5 N–H and O–H groups in total. The van der Waals surface area contributed by atoms with E-state index >= 15 is 0 Å². The predicted octanol–water partition coefficient (Wildman–Crippen LogP) is 2.33. The molecule has 0 unspecified atom stereocenters. The van der Waals surface area contributed by atoms with Crippen LogP contribution in [0.2, 0.25) is 0 Å². The summed E-state index contributed by atoms with van der Waals surface area (Å²) in [5, 5.41) is 51.5. The lowest BCUT2D eigenvalue weighted by atomic mass is 9.99. The van der Waals surface area contributed by atoms with Gasteiger partial charge in [-0.2, -0.15) is 0 Å². The molecular formula is C35H38O15. The first-order valence-corrected chi connectivity index (χ1v) is 15.0. The zero-order valence-corrected chi connectivity index (χ0v) is 27.5. The number of carbonyl (C=O) groups excluding carboxylic acids is 2. The molecule has 268 valence electrons. The number of aromatic hydroxyl groups is 2. The lowest BCUT2D eigenvalue weighted by molar-refractivity contribution is -0.281. The molecule has 50 heavy (non-hydrogen) atoms. The minimum atomic E-state index is -1.81. The molecule has 1 aliphatic rings. The van der Waals surface area contributed by atoms with Gasteiger partial charge in [-0.25, -0.2) is 9.59 Å². The van der Waals surface area contributed by atoms with Crippen molar-refractivity contribution in [2.24, 2.45) is 0 Å². The molecule has 5 atom stereocenters. The van der Waals surface area contributed by atoms with Gasteiger partial charge in [0.15, 0.2) is 40.6 Å². The van der Waals surface area contributed by atoms with Gasteiger partial charge in [-0.1, -0.05) is 12.1 Å². The minimum Gasteiger partial charge on any atom is -0.504 e. The van der Waals surface area contributed by atoms with Gasteiger partial charge >= 0.3 is 11.9 Å². The lowest BCUT2D eigenvalue weighted by Crippen LogP contribution is -2.61. The van der Waals surface area contributed by atoms with E-state index in [2.05, 4.69) is 0 Å². The van der Waals surface area contributed by atoms with Gasteiger partial charge < -0.3 is 63.4 Å². The quantitative estimate of drug-likeness (QED) is 0.121. The molecule has 15 heteroatoms. The SMILES string of the molecule is COc1cc(/C=C/C(=O)OC[C@H]2O[C@@H](Oc3c(OC)cc(CO)cc3OC)[C@H](O)[C@@H](O)[C@@H]2OC(=O)/C=C/c2ccc(O)c(OC)c2)ccc1O. The number of hydrogen-bond donors (Lipinski definition) is 5. The number of benzene rings is 3. The molecule has 4 rings (SSSR count). The summed E-state index contributed by atoms with van der Waals surface area (Å²) in [7, 11) is 5.43. The van der Waals surface area contributed by atoms with Crippen LogP contribution in [0.15, 0.2) is 60.7 Å². The second-order valence-corrected chi connectivity index (χ2v) is 10.7. The van der Waals surface area contributed by atoms with E-state index in [0.29, 0.717) is 16.7 Å². The van der Waals surface area contributed by atoms with Crippen molar-refractivity contribution in [3.63, 3.8) is 0 Å². The van der Waals surface area contributed by atoms with Crippen molar-refractivity contribution < 1.29 is 73.0 Å². The fraction of sp³-hybridized carbons (Fsp3) is 0.314. The first kappa shape index (κ1) is 37.3. The molecule has 3 aromatic carbocycles. The van der Waals surface area contributed by atoms with Gasteiger partial charge in [0.05, 0.1) is 35.0 Å². The van der Waals surface area contributed by atoms with Crippen LogP contribution in [-0.4, -0.2) is 103 Å². The minimum absolute atomic E-state index is 0.0332. The molecule has 0 bridgehead atoms. The molecule has 0 radical (unpaired) electrons. The van der Waals surface area contributed by atoms with Crippen LogP contribution in [0.3, 0.4) is 0 Å². The van der Waals surface area contributed by atoms with E-state index in [0.717, 1.165) is 12.2 Å². The fourth-order valence-electron chi connectivity index (χ4n) is 4.85. The third kappa shape index (κ3) is 9.15. The highest BCUT2D eigenvalue weighted by atomic mass is 16.7.